The lowest BCUT2D eigenvalue weighted by Gasteiger charge is -2.31. The highest BCUT2D eigenvalue weighted by atomic mass is 16.6. The third-order valence-corrected chi connectivity index (χ3v) is 5.95. The first-order valence-electron chi connectivity index (χ1n) is 9.77. The molecule has 2 heteroatoms. The fourth-order valence-electron chi connectivity index (χ4n) is 4.08. The Kier molecular flexibility index (Phi) is 4.44. The first-order valence-corrected chi connectivity index (χ1v) is 9.77. The van der Waals surface area contributed by atoms with E-state index in [0.717, 1.165) is 37.7 Å². The molecule has 26 heavy (non-hydrogen) atoms. The van der Waals surface area contributed by atoms with Gasteiger partial charge in [0, 0.05) is 0 Å². The summed E-state index contributed by atoms with van der Waals surface area (Å²) in [6, 6.07) is 19.5. The number of benzene rings is 3. The summed E-state index contributed by atoms with van der Waals surface area (Å²) in [6.07, 6.45) is 4.90. The number of carbonyl (C=O) groups excluding carboxylic acids is 1. The van der Waals surface area contributed by atoms with Crippen molar-refractivity contribution in [3.8, 4) is 0 Å². The first kappa shape index (κ1) is 17.1. The van der Waals surface area contributed by atoms with Gasteiger partial charge in [0.2, 0.25) is 0 Å². The summed E-state index contributed by atoms with van der Waals surface area (Å²) < 4.78 is 6.14. The smallest absolute Gasteiger partial charge is 0.309 e. The van der Waals surface area contributed by atoms with Crippen LogP contribution in [0, 0.1) is 5.92 Å². The van der Waals surface area contributed by atoms with Crippen LogP contribution in [0.1, 0.15) is 51.5 Å². The van der Waals surface area contributed by atoms with Gasteiger partial charge in [0.05, 0.1) is 5.92 Å². The second kappa shape index (κ2) is 6.75. The van der Waals surface area contributed by atoms with E-state index in [2.05, 4.69) is 54.6 Å². The molecule has 0 bridgehead atoms. The van der Waals surface area contributed by atoms with E-state index in [9.17, 15) is 4.79 Å². The summed E-state index contributed by atoms with van der Waals surface area (Å²) in [7, 11) is 0. The number of hydrogen-bond acceptors (Lipinski definition) is 2. The molecule has 134 valence electrons. The van der Waals surface area contributed by atoms with Crippen LogP contribution in [0.3, 0.4) is 0 Å². The highest BCUT2D eigenvalue weighted by Crippen LogP contribution is 2.43. The Hall–Kier alpha value is -2.35. The Balaban J connectivity index is 1.77. The molecule has 1 aliphatic rings. The van der Waals surface area contributed by atoms with E-state index in [4.69, 9.17) is 4.74 Å². The van der Waals surface area contributed by atoms with Crippen molar-refractivity contribution in [2.75, 3.05) is 0 Å². The van der Waals surface area contributed by atoms with Crippen LogP contribution in [-0.4, -0.2) is 5.97 Å². The molecular weight excluding hydrogens is 320 g/mol. The maximum Gasteiger partial charge on any atom is 0.309 e. The zero-order valence-corrected chi connectivity index (χ0v) is 15.6. The maximum absolute atomic E-state index is 12.5. The molecule has 1 atom stereocenters. The molecule has 0 aliphatic heterocycles. The first-order chi connectivity index (χ1) is 12.6. The van der Waals surface area contributed by atoms with E-state index in [0.29, 0.717) is 0 Å². The number of carbonyl (C=O) groups is 1. The Morgan fingerprint density at radius 1 is 0.962 bits per heavy atom. The minimum absolute atomic E-state index is 0.0446. The van der Waals surface area contributed by atoms with Gasteiger partial charge in [-0.1, -0.05) is 50.2 Å². The highest BCUT2D eigenvalue weighted by molar-refractivity contribution is 5.98. The maximum atomic E-state index is 12.5. The van der Waals surface area contributed by atoms with E-state index in [1.54, 1.807) is 0 Å². The minimum Gasteiger partial charge on any atom is -0.454 e. The molecule has 0 spiro atoms. The highest BCUT2D eigenvalue weighted by Gasteiger charge is 2.40. The van der Waals surface area contributed by atoms with Crippen LogP contribution in [0.2, 0.25) is 0 Å². The van der Waals surface area contributed by atoms with E-state index in [1.807, 2.05) is 13.8 Å². The average molecular weight is 346 g/mol. The topological polar surface area (TPSA) is 26.3 Å². The van der Waals surface area contributed by atoms with Crippen LogP contribution < -0.4 is 0 Å². The van der Waals surface area contributed by atoms with Crippen LogP contribution in [0.25, 0.3) is 21.5 Å². The molecule has 1 saturated carbocycles. The quantitative estimate of drug-likeness (QED) is 0.406. The molecule has 0 amide bonds. The molecule has 3 aromatic carbocycles. The number of hydrogen-bond donors (Lipinski definition) is 0. The van der Waals surface area contributed by atoms with Crippen molar-refractivity contribution in [3.63, 3.8) is 0 Å². The van der Waals surface area contributed by atoms with E-state index in [-0.39, 0.29) is 11.9 Å². The Labute approximate surface area is 155 Å². The fourth-order valence-corrected chi connectivity index (χ4v) is 4.08. The normalized spacial score (nSPS) is 17.5. The second-order valence-electron chi connectivity index (χ2n) is 7.69. The molecule has 1 fully saturated rings. The third kappa shape index (κ3) is 2.98. The molecule has 0 radical (unpaired) electrons. The van der Waals surface area contributed by atoms with Crippen LogP contribution in [0.5, 0.6) is 0 Å². The van der Waals surface area contributed by atoms with E-state index >= 15 is 0 Å². The van der Waals surface area contributed by atoms with Crippen molar-refractivity contribution in [2.24, 2.45) is 5.92 Å². The lowest BCUT2D eigenvalue weighted by Crippen LogP contribution is -2.31. The largest absolute Gasteiger partial charge is 0.454 e. The molecule has 0 saturated heterocycles. The van der Waals surface area contributed by atoms with Crippen molar-refractivity contribution in [3.05, 3.63) is 60.2 Å². The Morgan fingerprint density at radius 2 is 1.58 bits per heavy atom. The molecule has 0 heterocycles. The molecule has 1 aliphatic carbocycles. The summed E-state index contributed by atoms with van der Waals surface area (Å²) in [4.78, 5) is 12.5. The van der Waals surface area contributed by atoms with Gasteiger partial charge in [-0.15, -0.1) is 0 Å². The molecular formula is C24H26O2. The standard InChI is InChI=1S/C24H26O2/c1-3-17(2)23(25)26-24(12-6-7-13-24)22-11-10-20-14-18-8-4-5-9-19(18)15-21(20)16-22/h4-5,8-11,14-17H,3,6-7,12-13H2,1-2H3. The van der Waals surface area contributed by atoms with Crippen molar-refractivity contribution < 1.29 is 9.53 Å². The molecule has 3 aromatic rings. The number of esters is 1. The molecule has 0 N–H and O–H groups in total. The summed E-state index contributed by atoms with van der Waals surface area (Å²) >= 11 is 0. The summed E-state index contributed by atoms with van der Waals surface area (Å²) in [5.41, 5.74) is 0.704. The van der Waals surface area contributed by atoms with Crippen LogP contribution in [-0.2, 0) is 15.1 Å². The van der Waals surface area contributed by atoms with Crippen LogP contribution in [0.4, 0.5) is 0 Å². The lowest BCUT2D eigenvalue weighted by molar-refractivity contribution is -0.165. The zero-order valence-electron chi connectivity index (χ0n) is 15.6. The summed E-state index contributed by atoms with van der Waals surface area (Å²) in [6.45, 7) is 3.99. The van der Waals surface area contributed by atoms with Crippen molar-refractivity contribution in [2.45, 2.75) is 51.6 Å². The molecule has 4 rings (SSSR count). The van der Waals surface area contributed by atoms with Crippen LogP contribution in [0.15, 0.2) is 54.6 Å². The lowest BCUT2D eigenvalue weighted by atomic mass is 9.89. The average Bonchev–Trinajstić information content (AvgIpc) is 3.14. The van der Waals surface area contributed by atoms with Gasteiger partial charge >= 0.3 is 5.97 Å². The van der Waals surface area contributed by atoms with Crippen molar-refractivity contribution >= 4 is 27.5 Å². The van der Waals surface area contributed by atoms with Gasteiger partial charge in [-0.2, -0.15) is 0 Å². The predicted octanol–water partition coefficient (Wildman–Crippen LogP) is 6.35. The van der Waals surface area contributed by atoms with Crippen molar-refractivity contribution in [1.82, 2.24) is 0 Å². The SMILES string of the molecule is CCC(C)C(=O)OC1(c2ccc3cc4ccccc4cc3c2)CCCC1. The third-order valence-electron chi connectivity index (χ3n) is 5.95. The molecule has 2 nitrogen and oxygen atoms in total. The van der Waals surface area contributed by atoms with Gasteiger partial charge in [-0.25, -0.2) is 0 Å². The van der Waals surface area contributed by atoms with Gasteiger partial charge in [0.1, 0.15) is 5.60 Å². The molecule has 0 aromatic heterocycles. The van der Waals surface area contributed by atoms with Gasteiger partial charge in [0.15, 0.2) is 0 Å². The number of fused-ring (bicyclic) bond motifs is 2. The second-order valence-corrected chi connectivity index (χ2v) is 7.69. The Bertz CT molecular complexity index is 951. The fraction of sp³-hybridized carbons (Fsp3) is 0.375. The minimum atomic E-state index is -0.444. The van der Waals surface area contributed by atoms with Gasteiger partial charge in [-0.3, -0.25) is 4.79 Å². The van der Waals surface area contributed by atoms with Crippen molar-refractivity contribution in [1.29, 1.82) is 0 Å². The summed E-state index contributed by atoms with van der Waals surface area (Å²) in [5, 5.41) is 4.95. The number of rotatable bonds is 4. The molecule has 1 unspecified atom stereocenters. The van der Waals surface area contributed by atoms with Gasteiger partial charge < -0.3 is 4.74 Å². The predicted molar refractivity (Wildman–Crippen MR) is 107 cm³/mol. The summed E-state index contributed by atoms with van der Waals surface area (Å²) in [5.74, 6) is -0.107. The van der Waals surface area contributed by atoms with Gasteiger partial charge in [0.25, 0.3) is 0 Å². The van der Waals surface area contributed by atoms with E-state index < -0.39 is 5.60 Å². The van der Waals surface area contributed by atoms with E-state index in [1.165, 1.54) is 21.5 Å². The van der Waals surface area contributed by atoms with Gasteiger partial charge in [-0.05, 0) is 77.4 Å². The van der Waals surface area contributed by atoms with Crippen LogP contribution >= 0.6 is 0 Å². The zero-order chi connectivity index (χ0) is 18.1. The Morgan fingerprint density at radius 3 is 2.23 bits per heavy atom. The number of ether oxygens (including phenoxy) is 1. The monoisotopic (exact) mass is 346 g/mol.